The average Bonchev–Trinajstić information content (AvgIpc) is 2.79. The van der Waals surface area contributed by atoms with E-state index in [0.717, 1.165) is 36.9 Å². The molecular weight excluding hydrogens is 288 g/mol. The third-order valence-corrected chi connectivity index (χ3v) is 5.90. The fraction of sp³-hybridized carbons (Fsp3) is 0.778. The van der Waals surface area contributed by atoms with Crippen LogP contribution in [-0.2, 0) is 12.5 Å². The summed E-state index contributed by atoms with van der Waals surface area (Å²) in [6.07, 6.45) is 4.98. The van der Waals surface area contributed by atoms with Gasteiger partial charge in [-0.1, -0.05) is 34.1 Å². The third kappa shape index (κ3) is 2.98. The minimum Gasteiger partial charge on any atom is -0.324 e. The van der Waals surface area contributed by atoms with Gasteiger partial charge < -0.3 is 4.90 Å². The molecule has 0 radical (unpaired) electrons. The van der Waals surface area contributed by atoms with E-state index >= 15 is 0 Å². The number of piperidine rings is 1. The second-order valence-electron chi connectivity index (χ2n) is 8.55. The number of rotatable bonds is 1. The summed E-state index contributed by atoms with van der Waals surface area (Å²) in [5.74, 6) is 1.52. The summed E-state index contributed by atoms with van der Waals surface area (Å²) in [6.45, 7) is 10.5. The second-order valence-corrected chi connectivity index (χ2v) is 8.55. The normalized spacial score (nSPS) is 23.7. The molecule has 23 heavy (non-hydrogen) atoms. The largest absolute Gasteiger partial charge is 0.324 e. The van der Waals surface area contributed by atoms with Crippen LogP contribution >= 0.6 is 0 Å². The summed E-state index contributed by atoms with van der Waals surface area (Å²) in [7, 11) is 1.89. The predicted octanol–water partition coefficient (Wildman–Crippen LogP) is 3.76. The summed E-state index contributed by atoms with van der Waals surface area (Å²) in [5, 5.41) is 7.59. The van der Waals surface area contributed by atoms with E-state index in [2.05, 4.69) is 38.1 Å². The first-order valence-corrected chi connectivity index (χ1v) is 8.82. The Morgan fingerprint density at radius 1 is 1.39 bits per heavy atom. The lowest BCUT2D eigenvalue weighted by atomic mass is 9.59. The monoisotopic (exact) mass is 318 g/mol. The van der Waals surface area contributed by atoms with Crippen LogP contribution in [0.1, 0.15) is 59.1 Å². The van der Waals surface area contributed by atoms with E-state index in [9.17, 15) is 4.79 Å². The summed E-state index contributed by atoms with van der Waals surface area (Å²) in [5.41, 5.74) is 1.37. The topological polar surface area (TPSA) is 50.2 Å². The lowest BCUT2D eigenvalue weighted by molar-refractivity contribution is -0.0108. The van der Waals surface area contributed by atoms with Crippen LogP contribution in [0.15, 0.2) is 6.07 Å². The molecule has 5 heteroatoms. The van der Waals surface area contributed by atoms with Gasteiger partial charge in [-0.2, -0.15) is 5.10 Å². The maximum absolute atomic E-state index is 12.7. The zero-order chi connectivity index (χ0) is 16.8. The molecule has 1 unspecified atom stereocenters. The van der Waals surface area contributed by atoms with Crippen molar-refractivity contribution in [1.82, 2.24) is 14.7 Å². The van der Waals surface area contributed by atoms with E-state index in [-0.39, 0.29) is 11.4 Å². The van der Waals surface area contributed by atoms with E-state index < -0.39 is 0 Å². The molecule has 1 aromatic heterocycles. The highest BCUT2D eigenvalue weighted by molar-refractivity contribution is 5.88. The van der Waals surface area contributed by atoms with Gasteiger partial charge >= 0.3 is 6.03 Å². The van der Waals surface area contributed by atoms with Gasteiger partial charge in [-0.05, 0) is 30.6 Å². The van der Waals surface area contributed by atoms with Crippen molar-refractivity contribution in [3.63, 3.8) is 0 Å². The molecule has 1 saturated carbocycles. The summed E-state index contributed by atoms with van der Waals surface area (Å²) < 4.78 is 1.77. The van der Waals surface area contributed by atoms with Crippen LogP contribution in [0.3, 0.4) is 0 Å². The van der Waals surface area contributed by atoms with Gasteiger partial charge in [0.05, 0.1) is 5.69 Å². The lowest BCUT2D eigenvalue weighted by Crippen LogP contribution is -2.54. The molecular formula is C18H30N4O. The van der Waals surface area contributed by atoms with Crippen LogP contribution in [0.4, 0.5) is 10.6 Å². The van der Waals surface area contributed by atoms with E-state index in [4.69, 9.17) is 0 Å². The molecule has 0 aromatic carbocycles. The lowest BCUT2D eigenvalue weighted by Gasteiger charge is -2.52. The van der Waals surface area contributed by atoms with Crippen LogP contribution in [-0.4, -0.2) is 33.8 Å². The number of hydrogen-bond acceptors (Lipinski definition) is 2. The van der Waals surface area contributed by atoms with E-state index in [1.165, 1.54) is 19.3 Å². The van der Waals surface area contributed by atoms with Gasteiger partial charge in [0, 0.05) is 31.6 Å². The number of aryl methyl sites for hydroxylation is 1. The molecule has 2 aliphatic rings. The standard InChI is InChI=1S/C18H30N4O/c1-13-7-10-22(12-18(13)8-6-9-18)16(23)19-15-11-14(17(2,3)4)20-21(15)5/h11,13H,6-10,12H2,1-5H3,(H,19,23). The van der Waals surface area contributed by atoms with Crippen molar-refractivity contribution in [2.45, 2.75) is 58.8 Å². The zero-order valence-corrected chi connectivity index (χ0v) is 15.1. The molecule has 2 heterocycles. The molecule has 1 atom stereocenters. The Kier molecular flexibility index (Phi) is 3.93. The molecule has 0 bridgehead atoms. The highest BCUT2D eigenvalue weighted by Gasteiger charge is 2.46. The number of nitrogens with one attached hydrogen (secondary N) is 1. The minimum absolute atomic E-state index is 0.0166. The van der Waals surface area contributed by atoms with E-state index in [1.807, 2.05) is 18.0 Å². The summed E-state index contributed by atoms with van der Waals surface area (Å²) >= 11 is 0. The fourth-order valence-corrected chi connectivity index (χ4v) is 3.87. The fourth-order valence-electron chi connectivity index (χ4n) is 3.87. The Morgan fingerprint density at radius 2 is 2.09 bits per heavy atom. The molecule has 2 fully saturated rings. The summed E-state index contributed by atoms with van der Waals surface area (Å²) in [6, 6.07) is 2.01. The Bertz CT molecular complexity index is 595. The van der Waals surface area contributed by atoms with Gasteiger partial charge in [-0.15, -0.1) is 0 Å². The maximum Gasteiger partial charge on any atom is 0.323 e. The first-order chi connectivity index (χ1) is 10.7. The maximum atomic E-state index is 12.7. The van der Waals surface area contributed by atoms with Gasteiger partial charge in [0.2, 0.25) is 0 Å². The van der Waals surface area contributed by atoms with Crippen molar-refractivity contribution in [3.8, 4) is 0 Å². The van der Waals surface area contributed by atoms with Crippen LogP contribution in [0.25, 0.3) is 0 Å². The van der Waals surface area contributed by atoms with Gasteiger partial charge in [0.1, 0.15) is 5.82 Å². The van der Waals surface area contributed by atoms with Crippen molar-refractivity contribution < 1.29 is 4.79 Å². The summed E-state index contributed by atoms with van der Waals surface area (Å²) in [4.78, 5) is 14.7. The van der Waals surface area contributed by atoms with Crippen LogP contribution in [0.5, 0.6) is 0 Å². The van der Waals surface area contributed by atoms with Crippen LogP contribution < -0.4 is 5.32 Å². The number of amides is 2. The number of likely N-dealkylation sites (tertiary alicyclic amines) is 1. The number of aromatic nitrogens is 2. The highest BCUT2D eigenvalue weighted by atomic mass is 16.2. The SMILES string of the molecule is CC1CCN(C(=O)Nc2cc(C(C)(C)C)nn2C)CC12CCC2. The van der Waals surface area contributed by atoms with Crippen molar-refractivity contribution in [2.24, 2.45) is 18.4 Å². The first kappa shape index (κ1) is 16.3. The Labute approximate surface area is 139 Å². The van der Waals surface area contributed by atoms with Gasteiger partial charge in [-0.25, -0.2) is 4.79 Å². The van der Waals surface area contributed by atoms with Crippen molar-refractivity contribution in [2.75, 3.05) is 18.4 Å². The smallest absolute Gasteiger partial charge is 0.323 e. The number of urea groups is 1. The molecule has 128 valence electrons. The highest BCUT2D eigenvalue weighted by Crippen LogP contribution is 2.50. The molecule has 1 aliphatic carbocycles. The minimum atomic E-state index is -0.0166. The quantitative estimate of drug-likeness (QED) is 0.857. The molecule has 1 saturated heterocycles. The van der Waals surface area contributed by atoms with E-state index in [0.29, 0.717) is 5.41 Å². The first-order valence-electron chi connectivity index (χ1n) is 8.82. The van der Waals surface area contributed by atoms with Crippen LogP contribution in [0, 0.1) is 11.3 Å². The molecule has 1 spiro atoms. The third-order valence-electron chi connectivity index (χ3n) is 5.90. The van der Waals surface area contributed by atoms with Gasteiger partial charge in [-0.3, -0.25) is 10.00 Å². The van der Waals surface area contributed by atoms with Crippen LogP contribution in [0.2, 0.25) is 0 Å². The predicted molar refractivity (Wildman–Crippen MR) is 92.6 cm³/mol. The molecule has 5 nitrogen and oxygen atoms in total. The molecule has 3 rings (SSSR count). The van der Waals surface area contributed by atoms with Gasteiger partial charge in [0.25, 0.3) is 0 Å². The average molecular weight is 318 g/mol. The van der Waals surface area contributed by atoms with E-state index in [1.54, 1.807) is 4.68 Å². The molecule has 1 aliphatic heterocycles. The molecule has 2 amide bonds. The number of carbonyl (C=O) groups is 1. The second kappa shape index (κ2) is 5.53. The Hall–Kier alpha value is -1.52. The number of anilines is 1. The zero-order valence-electron chi connectivity index (χ0n) is 15.1. The van der Waals surface area contributed by atoms with Gasteiger partial charge in [0.15, 0.2) is 0 Å². The molecule has 1 N–H and O–H groups in total. The van der Waals surface area contributed by atoms with Crippen molar-refractivity contribution in [1.29, 1.82) is 0 Å². The molecule has 1 aromatic rings. The Balaban J connectivity index is 1.69. The number of nitrogens with zero attached hydrogens (tertiary/aromatic N) is 3. The number of hydrogen-bond donors (Lipinski definition) is 1. The Morgan fingerprint density at radius 3 is 2.61 bits per heavy atom. The van der Waals surface area contributed by atoms with Crippen molar-refractivity contribution in [3.05, 3.63) is 11.8 Å². The number of carbonyl (C=O) groups excluding carboxylic acids is 1. The van der Waals surface area contributed by atoms with Crippen molar-refractivity contribution >= 4 is 11.8 Å².